The van der Waals surface area contributed by atoms with Crippen LogP contribution in [0, 0.1) is 5.82 Å². The SMILES string of the molecule is COc1ccc(F)cc1[C@@H](C)Nc1ccc2ncc(-c3cn(CC(N)=O)nn3)n2n1. The van der Waals surface area contributed by atoms with Gasteiger partial charge in [0.2, 0.25) is 5.91 Å². The summed E-state index contributed by atoms with van der Waals surface area (Å²) in [6, 6.07) is 7.66. The maximum Gasteiger partial charge on any atom is 0.239 e. The fourth-order valence-electron chi connectivity index (χ4n) is 3.12. The molecule has 0 fully saturated rings. The molecule has 0 saturated carbocycles. The minimum absolute atomic E-state index is 0.0725. The van der Waals surface area contributed by atoms with Crippen LogP contribution in [0.2, 0.25) is 0 Å². The number of hydrogen-bond donors (Lipinski definition) is 2. The van der Waals surface area contributed by atoms with E-state index in [1.54, 1.807) is 35.1 Å². The van der Waals surface area contributed by atoms with Gasteiger partial charge in [-0.25, -0.2) is 18.6 Å². The Morgan fingerprint density at radius 3 is 2.93 bits per heavy atom. The number of ether oxygens (including phenoxy) is 1. The fraction of sp³-hybridized carbons (Fsp3) is 0.211. The second-order valence-corrected chi connectivity index (χ2v) is 6.65. The number of nitrogens with two attached hydrogens (primary N) is 1. The summed E-state index contributed by atoms with van der Waals surface area (Å²) in [6.45, 7) is 1.81. The van der Waals surface area contributed by atoms with Crippen molar-refractivity contribution in [2.45, 2.75) is 19.5 Å². The van der Waals surface area contributed by atoms with E-state index < -0.39 is 5.91 Å². The molecule has 10 nitrogen and oxygen atoms in total. The number of aromatic nitrogens is 6. The van der Waals surface area contributed by atoms with Gasteiger partial charge in [0.05, 0.1) is 25.5 Å². The average Bonchev–Trinajstić information content (AvgIpc) is 3.33. The minimum Gasteiger partial charge on any atom is -0.496 e. The van der Waals surface area contributed by atoms with Crippen LogP contribution in [0.5, 0.6) is 5.75 Å². The van der Waals surface area contributed by atoms with Crippen molar-refractivity contribution in [2.75, 3.05) is 12.4 Å². The van der Waals surface area contributed by atoms with Crippen molar-refractivity contribution in [1.29, 1.82) is 0 Å². The number of carbonyl (C=O) groups is 1. The maximum absolute atomic E-state index is 13.7. The fourth-order valence-corrected chi connectivity index (χ4v) is 3.12. The van der Waals surface area contributed by atoms with E-state index >= 15 is 0 Å². The van der Waals surface area contributed by atoms with Crippen molar-refractivity contribution in [3.05, 3.63) is 54.1 Å². The normalized spacial score (nSPS) is 12.1. The van der Waals surface area contributed by atoms with Crippen molar-refractivity contribution in [3.63, 3.8) is 0 Å². The summed E-state index contributed by atoms with van der Waals surface area (Å²) in [5, 5.41) is 15.8. The van der Waals surface area contributed by atoms with E-state index in [2.05, 4.69) is 25.7 Å². The number of imidazole rings is 1. The second kappa shape index (κ2) is 7.78. The molecule has 0 aliphatic heterocycles. The molecule has 3 aromatic heterocycles. The van der Waals surface area contributed by atoms with E-state index in [-0.39, 0.29) is 18.4 Å². The van der Waals surface area contributed by atoms with Gasteiger partial charge < -0.3 is 15.8 Å². The molecule has 4 aromatic rings. The van der Waals surface area contributed by atoms with Crippen molar-refractivity contribution in [2.24, 2.45) is 5.73 Å². The molecule has 4 rings (SSSR count). The lowest BCUT2D eigenvalue weighted by molar-refractivity contribution is -0.118. The summed E-state index contributed by atoms with van der Waals surface area (Å²) in [4.78, 5) is 15.4. The third kappa shape index (κ3) is 3.77. The zero-order chi connectivity index (χ0) is 21.3. The molecule has 0 spiro atoms. The van der Waals surface area contributed by atoms with Gasteiger partial charge in [-0.1, -0.05) is 5.21 Å². The molecule has 3 N–H and O–H groups in total. The number of amides is 1. The Balaban J connectivity index is 1.64. The third-order valence-corrected chi connectivity index (χ3v) is 4.50. The molecule has 0 aliphatic rings. The van der Waals surface area contributed by atoms with Gasteiger partial charge in [0, 0.05) is 5.56 Å². The van der Waals surface area contributed by atoms with E-state index in [0.717, 1.165) is 0 Å². The number of nitrogens with zero attached hydrogens (tertiary/aromatic N) is 6. The Bertz CT molecular complexity index is 1220. The summed E-state index contributed by atoms with van der Waals surface area (Å²) in [7, 11) is 1.54. The number of benzene rings is 1. The number of fused-ring (bicyclic) bond motifs is 1. The number of primary amides is 1. The molecule has 11 heteroatoms. The lowest BCUT2D eigenvalue weighted by Crippen LogP contribution is -2.18. The van der Waals surface area contributed by atoms with E-state index in [0.29, 0.717) is 34.2 Å². The molecule has 1 amide bonds. The molecule has 0 saturated heterocycles. The number of anilines is 1. The van der Waals surface area contributed by atoms with Crippen molar-refractivity contribution < 1.29 is 13.9 Å². The van der Waals surface area contributed by atoms with Crippen molar-refractivity contribution in [1.82, 2.24) is 29.6 Å². The number of methoxy groups -OCH3 is 1. The Hall–Kier alpha value is -4.02. The van der Waals surface area contributed by atoms with Crippen LogP contribution in [0.15, 0.2) is 42.7 Å². The third-order valence-electron chi connectivity index (χ3n) is 4.50. The van der Waals surface area contributed by atoms with Gasteiger partial charge in [0.1, 0.15) is 35.3 Å². The first-order valence-electron chi connectivity index (χ1n) is 9.08. The Kier molecular flexibility index (Phi) is 5.00. The molecule has 0 bridgehead atoms. The first-order valence-corrected chi connectivity index (χ1v) is 9.08. The Morgan fingerprint density at radius 2 is 2.17 bits per heavy atom. The molecule has 0 aliphatic carbocycles. The van der Waals surface area contributed by atoms with Gasteiger partial charge in [-0.15, -0.1) is 10.2 Å². The van der Waals surface area contributed by atoms with Gasteiger partial charge in [0.25, 0.3) is 0 Å². The quantitative estimate of drug-likeness (QED) is 0.476. The zero-order valence-corrected chi connectivity index (χ0v) is 16.3. The summed E-state index contributed by atoms with van der Waals surface area (Å²) in [5.74, 6) is 0.256. The first-order chi connectivity index (χ1) is 14.4. The van der Waals surface area contributed by atoms with Crippen LogP contribution in [-0.2, 0) is 11.3 Å². The molecular formula is C19H19FN8O2. The summed E-state index contributed by atoms with van der Waals surface area (Å²) < 4.78 is 22.0. The molecule has 3 heterocycles. The van der Waals surface area contributed by atoms with Gasteiger partial charge in [0.15, 0.2) is 5.65 Å². The van der Waals surface area contributed by atoms with E-state index in [4.69, 9.17) is 10.5 Å². The molecule has 1 aromatic carbocycles. The topological polar surface area (TPSA) is 125 Å². The van der Waals surface area contributed by atoms with Crippen LogP contribution in [0.25, 0.3) is 17.0 Å². The van der Waals surface area contributed by atoms with Gasteiger partial charge >= 0.3 is 0 Å². The smallest absolute Gasteiger partial charge is 0.239 e. The highest BCUT2D eigenvalue weighted by molar-refractivity contribution is 5.73. The summed E-state index contributed by atoms with van der Waals surface area (Å²) in [5.41, 5.74) is 7.55. The average molecular weight is 410 g/mol. The van der Waals surface area contributed by atoms with E-state index in [9.17, 15) is 9.18 Å². The number of carbonyl (C=O) groups excluding carboxylic acids is 1. The molecule has 1 atom stereocenters. The highest BCUT2D eigenvalue weighted by Gasteiger charge is 2.16. The Labute approximate surface area is 170 Å². The van der Waals surface area contributed by atoms with E-state index in [1.807, 2.05) is 6.92 Å². The van der Waals surface area contributed by atoms with Crippen LogP contribution in [-0.4, -0.2) is 42.6 Å². The summed E-state index contributed by atoms with van der Waals surface area (Å²) in [6.07, 6.45) is 3.21. The number of nitrogens with one attached hydrogen (secondary N) is 1. The first kappa shape index (κ1) is 19.3. The van der Waals surface area contributed by atoms with Gasteiger partial charge in [-0.2, -0.15) is 0 Å². The van der Waals surface area contributed by atoms with Crippen molar-refractivity contribution >= 4 is 17.4 Å². The van der Waals surface area contributed by atoms with Gasteiger partial charge in [-0.05, 0) is 37.3 Å². The summed E-state index contributed by atoms with van der Waals surface area (Å²) >= 11 is 0. The maximum atomic E-state index is 13.7. The molecule has 0 unspecified atom stereocenters. The monoisotopic (exact) mass is 410 g/mol. The predicted octanol–water partition coefficient (Wildman–Crippen LogP) is 1.79. The predicted molar refractivity (Wildman–Crippen MR) is 106 cm³/mol. The zero-order valence-electron chi connectivity index (χ0n) is 16.3. The highest BCUT2D eigenvalue weighted by Crippen LogP contribution is 2.28. The number of halogens is 1. The van der Waals surface area contributed by atoms with Crippen LogP contribution in [0.1, 0.15) is 18.5 Å². The molecule has 0 radical (unpaired) electrons. The lowest BCUT2D eigenvalue weighted by Gasteiger charge is -2.18. The molecule has 154 valence electrons. The van der Waals surface area contributed by atoms with Crippen LogP contribution in [0.3, 0.4) is 0 Å². The van der Waals surface area contributed by atoms with E-state index in [1.165, 1.54) is 23.9 Å². The Morgan fingerprint density at radius 1 is 1.33 bits per heavy atom. The standard InChI is InChI=1S/C19H19FN8O2/c1-11(13-7-12(20)3-4-16(13)30-2)23-18-5-6-19-22-8-15(28(19)25-18)14-9-27(26-24-14)10-17(21)29/h3-9,11H,10H2,1-2H3,(H2,21,29)(H,23,25)/t11-/m1/s1. The number of rotatable bonds is 7. The van der Waals surface area contributed by atoms with Crippen LogP contribution >= 0.6 is 0 Å². The van der Waals surface area contributed by atoms with Crippen LogP contribution in [0.4, 0.5) is 10.2 Å². The second-order valence-electron chi connectivity index (χ2n) is 6.65. The van der Waals surface area contributed by atoms with Gasteiger partial charge in [-0.3, -0.25) is 4.79 Å². The molecular weight excluding hydrogens is 391 g/mol. The molecule has 30 heavy (non-hydrogen) atoms. The lowest BCUT2D eigenvalue weighted by atomic mass is 10.1. The number of hydrogen-bond acceptors (Lipinski definition) is 7. The van der Waals surface area contributed by atoms with Crippen molar-refractivity contribution in [3.8, 4) is 17.1 Å². The minimum atomic E-state index is -0.518. The largest absolute Gasteiger partial charge is 0.496 e. The highest BCUT2D eigenvalue weighted by atomic mass is 19.1. The van der Waals surface area contributed by atoms with Crippen LogP contribution < -0.4 is 15.8 Å².